The molecule has 142 valence electrons. The molecular weight excluding hydrogens is 354 g/mol. The molecule has 0 atom stereocenters. The minimum Gasteiger partial charge on any atom is -0.465 e. The molecule has 0 fully saturated rings. The molecule has 0 bridgehead atoms. The highest BCUT2D eigenvalue weighted by molar-refractivity contribution is 6.03. The van der Waals surface area contributed by atoms with Crippen molar-refractivity contribution in [1.82, 2.24) is 4.98 Å². The fourth-order valence-electron chi connectivity index (χ4n) is 2.63. The van der Waals surface area contributed by atoms with E-state index in [0.717, 1.165) is 17.8 Å². The van der Waals surface area contributed by atoms with Crippen LogP contribution in [0.5, 0.6) is 0 Å². The number of carbonyl (C=O) groups excluding carboxylic acids is 2. The summed E-state index contributed by atoms with van der Waals surface area (Å²) in [6, 6.07) is 18.0. The molecule has 0 spiro atoms. The molecule has 0 aliphatic heterocycles. The van der Waals surface area contributed by atoms with Crippen molar-refractivity contribution in [2.45, 2.75) is 13.3 Å². The Morgan fingerprint density at radius 1 is 0.929 bits per heavy atom. The van der Waals surface area contributed by atoms with E-state index in [-0.39, 0.29) is 11.9 Å². The first-order valence-electron chi connectivity index (χ1n) is 8.91. The number of pyridine rings is 1. The van der Waals surface area contributed by atoms with Crippen LogP contribution in [0.1, 0.15) is 33.3 Å². The van der Waals surface area contributed by atoms with Crippen molar-refractivity contribution < 1.29 is 14.3 Å². The van der Waals surface area contributed by atoms with E-state index in [4.69, 9.17) is 0 Å². The van der Waals surface area contributed by atoms with E-state index in [1.807, 2.05) is 24.3 Å². The van der Waals surface area contributed by atoms with Crippen LogP contribution in [0.25, 0.3) is 0 Å². The van der Waals surface area contributed by atoms with Crippen LogP contribution in [-0.2, 0) is 11.2 Å². The van der Waals surface area contributed by atoms with E-state index >= 15 is 0 Å². The number of esters is 1. The lowest BCUT2D eigenvalue weighted by molar-refractivity contribution is 0.0600. The maximum atomic E-state index is 12.5. The first-order chi connectivity index (χ1) is 13.6. The average Bonchev–Trinajstić information content (AvgIpc) is 2.74. The summed E-state index contributed by atoms with van der Waals surface area (Å²) in [5.74, 6) is -0.671. The largest absolute Gasteiger partial charge is 0.465 e. The fourth-order valence-corrected chi connectivity index (χ4v) is 2.63. The van der Waals surface area contributed by atoms with Gasteiger partial charge in [-0.3, -0.25) is 9.78 Å². The van der Waals surface area contributed by atoms with Crippen molar-refractivity contribution in [2.24, 2.45) is 0 Å². The molecule has 6 heteroatoms. The number of carbonyl (C=O) groups is 2. The Labute approximate surface area is 163 Å². The third kappa shape index (κ3) is 4.73. The summed E-state index contributed by atoms with van der Waals surface area (Å²) in [4.78, 5) is 28.1. The van der Waals surface area contributed by atoms with Crippen molar-refractivity contribution in [1.29, 1.82) is 0 Å². The number of hydrogen-bond acceptors (Lipinski definition) is 5. The maximum absolute atomic E-state index is 12.5. The number of nitrogens with zero attached hydrogens (tertiary/aromatic N) is 1. The minimum atomic E-state index is -0.388. The first-order valence-corrected chi connectivity index (χ1v) is 8.91. The molecule has 1 amide bonds. The number of rotatable bonds is 6. The summed E-state index contributed by atoms with van der Waals surface area (Å²) in [5.41, 5.74) is 4.20. The summed E-state index contributed by atoms with van der Waals surface area (Å²) < 4.78 is 4.69. The number of ether oxygens (including phenoxy) is 1. The molecule has 0 saturated carbocycles. The number of aryl methyl sites for hydroxylation is 1. The van der Waals surface area contributed by atoms with Crippen molar-refractivity contribution in [3.8, 4) is 0 Å². The van der Waals surface area contributed by atoms with E-state index in [9.17, 15) is 9.59 Å². The molecule has 3 rings (SSSR count). The molecule has 28 heavy (non-hydrogen) atoms. The van der Waals surface area contributed by atoms with Gasteiger partial charge >= 0.3 is 5.97 Å². The second kappa shape index (κ2) is 8.81. The smallest absolute Gasteiger partial charge is 0.337 e. The molecule has 0 radical (unpaired) electrons. The highest BCUT2D eigenvalue weighted by atomic mass is 16.5. The van der Waals surface area contributed by atoms with E-state index in [2.05, 4.69) is 27.3 Å². The summed E-state index contributed by atoms with van der Waals surface area (Å²) in [6.45, 7) is 2.08. The Bertz CT molecular complexity index is 967. The molecule has 1 heterocycles. The van der Waals surface area contributed by atoms with Crippen LogP contribution < -0.4 is 10.6 Å². The normalized spacial score (nSPS) is 10.2. The number of hydrogen-bond donors (Lipinski definition) is 2. The van der Waals surface area contributed by atoms with Crippen LogP contribution in [0.2, 0.25) is 0 Å². The summed E-state index contributed by atoms with van der Waals surface area (Å²) in [6.07, 6.45) is 2.52. The quantitative estimate of drug-likeness (QED) is 0.623. The number of aromatic nitrogens is 1. The van der Waals surface area contributed by atoms with E-state index in [0.29, 0.717) is 16.9 Å². The van der Waals surface area contributed by atoms with Gasteiger partial charge in [-0.25, -0.2) is 4.79 Å². The molecule has 0 saturated heterocycles. The number of benzene rings is 2. The van der Waals surface area contributed by atoms with Gasteiger partial charge in [-0.2, -0.15) is 0 Å². The van der Waals surface area contributed by atoms with Gasteiger partial charge in [0.15, 0.2) is 0 Å². The van der Waals surface area contributed by atoms with Gasteiger partial charge in [-0.15, -0.1) is 0 Å². The number of methoxy groups -OCH3 is 1. The zero-order chi connectivity index (χ0) is 19.9. The average molecular weight is 375 g/mol. The van der Waals surface area contributed by atoms with E-state index in [1.165, 1.54) is 12.7 Å². The van der Waals surface area contributed by atoms with Gasteiger partial charge in [0.1, 0.15) is 5.69 Å². The van der Waals surface area contributed by atoms with Crippen LogP contribution in [0.15, 0.2) is 66.9 Å². The second-order valence-corrected chi connectivity index (χ2v) is 6.13. The Morgan fingerprint density at radius 3 is 2.25 bits per heavy atom. The van der Waals surface area contributed by atoms with Crippen LogP contribution in [0, 0.1) is 0 Å². The lowest BCUT2D eigenvalue weighted by Crippen LogP contribution is -2.13. The zero-order valence-corrected chi connectivity index (χ0v) is 15.7. The van der Waals surface area contributed by atoms with Crippen molar-refractivity contribution in [3.05, 3.63) is 83.7 Å². The molecule has 1 aromatic heterocycles. The lowest BCUT2D eigenvalue weighted by atomic mass is 10.1. The molecule has 3 aromatic rings. The van der Waals surface area contributed by atoms with Crippen LogP contribution in [0.3, 0.4) is 0 Å². The van der Waals surface area contributed by atoms with E-state index in [1.54, 1.807) is 42.6 Å². The Kier molecular flexibility index (Phi) is 6.01. The highest BCUT2D eigenvalue weighted by Crippen LogP contribution is 2.18. The first kappa shape index (κ1) is 19.1. The van der Waals surface area contributed by atoms with Gasteiger partial charge in [0.05, 0.1) is 12.7 Å². The molecule has 2 aromatic carbocycles. The van der Waals surface area contributed by atoms with Crippen LogP contribution in [0.4, 0.5) is 17.1 Å². The lowest BCUT2D eigenvalue weighted by Gasteiger charge is -2.09. The SMILES string of the molecule is CCc1ccc(NC(=O)c2cc(Nc3ccc(C(=O)OC)cc3)ccn2)cc1. The van der Waals surface area contributed by atoms with Gasteiger partial charge < -0.3 is 15.4 Å². The monoisotopic (exact) mass is 375 g/mol. The molecule has 2 N–H and O–H groups in total. The molecular formula is C22H21N3O3. The zero-order valence-electron chi connectivity index (χ0n) is 15.7. The van der Waals surface area contributed by atoms with Gasteiger partial charge in [-0.05, 0) is 60.5 Å². The van der Waals surface area contributed by atoms with Crippen molar-refractivity contribution >= 4 is 28.9 Å². The standard InChI is InChI=1S/C22H21N3O3/c1-3-15-4-8-18(9-5-15)25-21(26)20-14-19(12-13-23-20)24-17-10-6-16(7-11-17)22(27)28-2/h4-14H,3H2,1-2H3,(H,23,24)(H,25,26). The minimum absolute atomic E-state index is 0.283. The Balaban J connectivity index is 1.69. The number of amides is 1. The number of anilines is 3. The predicted molar refractivity (Wildman–Crippen MR) is 109 cm³/mol. The highest BCUT2D eigenvalue weighted by Gasteiger charge is 2.09. The third-order valence-electron chi connectivity index (χ3n) is 4.21. The predicted octanol–water partition coefficient (Wildman–Crippen LogP) is 4.43. The topological polar surface area (TPSA) is 80.3 Å². The van der Waals surface area contributed by atoms with Crippen molar-refractivity contribution in [3.63, 3.8) is 0 Å². The van der Waals surface area contributed by atoms with Gasteiger partial charge in [0.2, 0.25) is 0 Å². The fraction of sp³-hybridized carbons (Fsp3) is 0.136. The summed E-state index contributed by atoms with van der Waals surface area (Å²) >= 11 is 0. The molecule has 0 unspecified atom stereocenters. The van der Waals surface area contributed by atoms with Crippen LogP contribution >= 0.6 is 0 Å². The summed E-state index contributed by atoms with van der Waals surface area (Å²) in [5, 5.41) is 6.04. The van der Waals surface area contributed by atoms with Crippen LogP contribution in [-0.4, -0.2) is 24.0 Å². The Hall–Kier alpha value is -3.67. The van der Waals surface area contributed by atoms with Gasteiger partial charge in [0.25, 0.3) is 5.91 Å². The van der Waals surface area contributed by atoms with E-state index < -0.39 is 0 Å². The molecule has 0 aliphatic rings. The maximum Gasteiger partial charge on any atom is 0.337 e. The summed E-state index contributed by atoms with van der Waals surface area (Å²) in [7, 11) is 1.34. The molecule has 6 nitrogen and oxygen atoms in total. The van der Waals surface area contributed by atoms with Gasteiger partial charge in [0, 0.05) is 23.3 Å². The van der Waals surface area contributed by atoms with Crippen molar-refractivity contribution in [2.75, 3.05) is 17.7 Å². The Morgan fingerprint density at radius 2 is 1.61 bits per heavy atom. The molecule has 0 aliphatic carbocycles. The second-order valence-electron chi connectivity index (χ2n) is 6.13. The van der Waals surface area contributed by atoms with Gasteiger partial charge in [-0.1, -0.05) is 19.1 Å². The number of nitrogens with one attached hydrogen (secondary N) is 2. The third-order valence-corrected chi connectivity index (χ3v) is 4.21.